The number of likely N-dealkylation sites (N-methyl/N-ethyl adjacent to an activating group) is 1. The summed E-state index contributed by atoms with van der Waals surface area (Å²) in [6.07, 6.45) is 3.63. The molecule has 1 aliphatic heterocycles. The van der Waals surface area contributed by atoms with E-state index in [0.717, 1.165) is 29.8 Å². The summed E-state index contributed by atoms with van der Waals surface area (Å²) in [6.45, 7) is 4.14. The molecule has 0 unspecified atom stereocenters. The topological polar surface area (TPSA) is 60.9 Å². The Bertz CT molecular complexity index is 557. The summed E-state index contributed by atoms with van der Waals surface area (Å²) in [5.74, 6) is -0.714. The highest BCUT2D eigenvalue weighted by Crippen LogP contribution is 2.24. The predicted molar refractivity (Wildman–Crippen MR) is 92.0 cm³/mol. The van der Waals surface area contributed by atoms with Gasteiger partial charge in [-0.3, -0.25) is 14.5 Å². The van der Waals surface area contributed by atoms with Gasteiger partial charge in [0.05, 0.1) is 12.1 Å². The number of carbonyl (C=O) groups excluding carboxylic acids is 1. The van der Waals surface area contributed by atoms with E-state index in [-0.39, 0.29) is 18.5 Å². The van der Waals surface area contributed by atoms with Crippen molar-refractivity contribution >= 4 is 23.6 Å². The minimum Gasteiger partial charge on any atom is -0.480 e. The number of carboxylic acids is 1. The first kappa shape index (κ1) is 17.8. The number of likely N-dealkylation sites (tertiary alicyclic amines) is 1. The minimum absolute atomic E-state index is 0.0738. The Morgan fingerprint density at radius 3 is 2.52 bits per heavy atom. The number of hydrogen-bond donors (Lipinski definition) is 1. The standard InChI is InChI=1S/C17H24N2O3S/c1-3-18(12-16(20)21)13-8-10-19(11-9-13)17(22)14-6-4-5-7-15(14)23-2/h4-7,13H,3,8-12H2,1-2H3,(H,20,21). The highest BCUT2D eigenvalue weighted by atomic mass is 32.2. The Morgan fingerprint density at radius 1 is 1.30 bits per heavy atom. The SMILES string of the molecule is CCN(CC(=O)O)C1CCN(C(=O)c2ccccc2SC)CC1. The van der Waals surface area contributed by atoms with Crippen molar-refractivity contribution in [2.75, 3.05) is 32.4 Å². The summed E-state index contributed by atoms with van der Waals surface area (Å²) in [5.41, 5.74) is 0.760. The molecule has 2 rings (SSSR count). The van der Waals surface area contributed by atoms with E-state index >= 15 is 0 Å². The van der Waals surface area contributed by atoms with Gasteiger partial charge in [-0.2, -0.15) is 0 Å². The maximum atomic E-state index is 12.7. The Hall–Kier alpha value is -1.53. The van der Waals surface area contributed by atoms with E-state index in [0.29, 0.717) is 13.1 Å². The number of aliphatic carboxylic acids is 1. The molecule has 0 aromatic heterocycles. The Balaban J connectivity index is 1.98. The Morgan fingerprint density at radius 2 is 1.96 bits per heavy atom. The molecule has 1 saturated heterocycles. The average molecular weight is 336 g/mol. The molecule has 1 aliphatic rings. The van der Waals surface area contributed by atoms with Gasteiger partial charge in [-0.15, -0.1) is 11.8 Å². The van der Waals surface area contributed by atoms with E-state index in [1.807, 2.05) is 47.2 Å². The summed E-state index contributed by atoms with van der Waals surface area (Å²) in [5, 5.41) is 8.98. The average Bonchev–Trinajstić information content (AvgIpc) is 2.59. The second kappa shape index (κ2) is 8.36. The fourth-order valence-corrected chi connectivity index (χ4v) is 3.69. The highest BCUT2D eigenvalue weighted by Gasteiger charge is 2.28. The smallest absolute Gasteiger partial charge is 0.317 e. The van der Waals surface area contributed by atoms with Crippen molar-refractivity contribution in [3.63, 3.8) is 0 Å². The van der Waals surface area contributed by atoms with Gasteiger partial charge < -0.3 is 10.0 Å². The first-order chi connectivity index (χ1) is 11.1. The van der Waals surface area contributed by atoms with E-state index in [2.05, 4.69) is 0 Å². The maximum absolute atomic E-state index is 12.7. The zero-order valence-corrected chi connectivity index (χ0v) is 14.5. The van der Waals surface area contributed by atoms with Crippen LogP contribution >= 0.6 is 11.8 Å². The normalized spacial score (nSPS) is 15.9. The van der Waals surface area contributed by atoms with Gasteiger partial charge in [-0.25, -0.2) is 0 Å². The first-order valence-electron chi connectivity index (χ1n) is 7.95. The molecule has 126 valence electrons. The lowest BCUT2D eigenvalue weighted by Crippen LogP contribution is -2.48. The molecule has 0 bridgehead atoms. The number of benzene rings is 1. The third-order valence-corrected chi connectivity index (χ3v) is 5.15. The van der Waals surface area contributed by atoms with Crippen molar-refractivity contribution in [1.82, 2.24) is 9.80 Å². The largest absolute Gasteiger partial charge is 0.480 e. The van der Waals surface area contributed by atoms with E-state index in [9.17, 15) is 9.59 Å². The molecule has 23 heavy (non-hydrogen) atoms. The van der Waals surface area contributed by atoms with Crippen LogP contribution in [0, 0.1) is 0 Å². The van der Waals surface area contributed by atoms with Gasteiger partial charge in [0.15, 0.2) is 0 Å². The number of nitrogens with zero attached hydrogens (tertiary/aromatic N) is 2. The summed E-state index contributed by atoms with van der Waals surface area (Å²) >= 11 is 1.58. The Kier molecular flexibility index (Phi) is 6.47. The van der Waals surface area contributed by atoms with Crippen LogP contribution in [0.1, 0.15) is 30.1 Å². The first-order valence-corrected chi connectivity index (χ1v) is 9.17. The zero-order chi connectivity index (χ0) is 16.8. The summed E-state index contributed by atoms with van der Waals surface area (Å²) in [4.78, 5) is 28.5. The predicted octanol–water partition coefficient (Wildman–Crippen LogP) is 2.42. The molecule has 0 atom stereocenters. The summed E-state index contributed by atoms with van der Waals surface area (Å²) < 4.78 is 0. The lowest BCUT2D eigenvalue weighted by atomic mass is 10.0. The second-order valence-corrected chi connectivity index (χ2v) is 6.53. The summed E-state index contributed by atoms with van der Waals surface area (Å²) in [7, 11) is 0. The molecule has 6 heteroatoms. The van der Waals surface area contributed by atoms with Gasteiger partial charge in [0.1, 0.15) is 0 Å². The number of hydrogen-bond acceptors (Lipinski definition) is 4. The summed E-state index contributed by atoms with van der Waals surface area (Å²) in [6, 6.07) is 7.93. The van der Waals surface area contributed by atoms with Crippen LogP contribution in [0.15, 0.2) is 29.2 Å². The third-order valence-electron chi connectivity index (χ3n) is 4.35. The van der Waals surface area contributed by atoms with Crippen LogP contribution < -0.4 is 0 Å². The zero-order valence-electron chi connectivity index (χ0n) is 13.7. The molecule has 1 fully saturated rings. The van der Waals surface area contributed by atoms with Crippen molar-refractivity contribution < 1.29 is 14.7 Å². The Labute approximate surface area is 141 Å². The highest BCUT2D eigenvalue weighted by molar-refractivity contribution is 7.98. The van der Waals surface area contributed by atoms with Gasteiger partial charge in [0.2, 0.25) is 0 Å². The van der Waals surface area contributed by atoms with E-state index in [4.69, 9.17) is 5.11 Å². The molecule has 1 N–H and O–H groups in total. The molecule has 1 heterocycles. The van der Waals surface area contributed by atoms with Crippen molar-refractivity contribution in [3.8, 4) is 0 Å². The molecule has 1 aromatic rings. The van der Waals surface area contributed by atoms with Gasteiger partial charge in [-0.1, -0.05) is 19.1 Å². The molecule has 0 aliphatic carbocycles. The third kappa shape index (κ3) is 4.48. The molecule has 0 spiro atoms. The van der Waals surface area contributed by atoms with Crippen molar-refractivity contribution in [1.29, 1.82) is 0 Å². The van der Waals surface area contributed by atoms with E-state index in [1.54, 1.807) is 11.8 Å². The van der Waals surface area contributed by atoms with Crippen molar-refractivity contribution in [3.05, 3.63) is 29.8 Å². The van der Waals surface area contributed by atoms with E-state index < -0.39 is 5.97 Å². The van der Waals surface area contributed by atoms with Gasteiger partial charge in [0.25, 0.3) is 5.91 Å². The molecule has 0 saturated carbocycles. The van der Waals surface area contributed by atoms with Crippen LogP contribution in [0.2, 0.25) is 0 Å². The molecular formula is C17H24N2O3S. The van der Waals surface area contributed by atoms with Gasteiger partial charge in [-0.05, 0) is 37.8 Å². The van der Waals surface area contributed by atoms with Crippen LogP contribution in [0.25, 0.3) is 0 Å². The van der Waals surface area contributed by atoms with E-state index in [1.165, 1.54) is 0 Å². The quantitative estimate of drug-likeness (QED) is 0.809. The van der Waals surface area contributed by atoms with Crippen molar-refractivity contribution in [2.45, 2.75) is 30.7 Å². The number of piperidine rings is 1. The van der Waals surface area contributed by atoms with Gasteiger partial charge >= 0.3 is 5.97 Å². The fourth-order valence-electron chi connectivity index (χ4n) is 3.10. The number of rotatable bonds is 6. The molecule has 1 amide bonds. The maximum Gasteiger partial charge on any atom is 0.317 e. The molecule has 0 radical (unpaired) electrons. The second-order valence-electron chi connectivity index (χ2n) is 5.68. The molecule has 5 nitrogen and oxygen atoms in total. The number of amides is 1. The van der Waals surface area contributed by atoms with Crippen LogP contribution in [0.5, 0.6) is 0 Å². The van der Waals surface area contributed by atoms with Crippen molar-refractivity contribution in [2.24, 2.45) is 0 Å². The number of thioether (sulfide) groups is 1. The number of carbonyl (C=O) groups is 2. The fraction of sp³-hybridized carbons (Fsp3) is 0.529. The van der Waals surface area contributed by atoms with Crippen LogP contribution in [-0.4, -0.2) is 65.3 Å². The number of carboxylic acid groups (broad SMARTS) is 1. The minimum atomic E-state index is -0.792. The van der Waals surface area contributed by atoms with Crippen LogP contribution in [0.3, 0.4) is 0 Å². The van der Waals surface area contributed by atoms with Crippen LogP contribution in [-0.2, 0) is 4.79 Å². The lowest BCUT2D eigenvalue weighted by Gasteiger charge is -2.37. The molecule has 1 aromatic carbocycles. The van der Waals surface area contributed by atoms with Crippen LogP contribution in [0.4, 0.5) is 0 Å². The monoisotopic (exact) mass is 336 g/mol. The molecular weight excluding hydrogens is 312 g/mol. The lowest BCUT2D eigenvalue weighted by molar-refractivity contribution is -0.139. The van der Waals surface area contributed by atoms with Gasteiger partial charge in [0, 0.05) is 24.0 Å².